The largest absolute Gasteiger partial charge is 0.481 e. The van der Waals surface area contributed by atoms with Crippen molar-refractivity contribution in [3.63, 3.8) is 0 Å². The highest BCUT2D eigenvalue weighted by molar-refractivity contribution is 5.67. The number of carboxylic acid groups (broad SMARTS) is 1. The van der Waals surface area contributed by atoms with Gasteiger partial charge < -0.3 is 14.6 Å². The molecule has 6 unspecified atom stereocenters. The van der Waals surface area contributed by atoms with Crippen LogP contribution in [0.25, 0.3) is 0 Å². The third-order valence-electron chi connectivity index (χ3n) is 13.4. The second-order valence-corrected chi connectivity index (χ2v) is 14.8. The van der Waals surface area contributed by atoms with Gasteiger partial charge in [0.2, 0.25) is 0 Å². The number of esters is 1. The first-order chi connectivity index (χ1) is 16.3. The molecule has 0 aromatic heterocycles. The van der Waals surface area contributed by atoms with Crippen LogP contribution in [-0.2, 0) is 19.1 Å². The molecule has 1 N–H and O–H groups in total. The van der Waals surface area contributed by atoms with Gasteiger partial charge in [-0.15, -0.1) is 0 Å². The molecule has 0 radical (unpaired) electrons. The van der Waals surface area contributed by atoms with Gasteiger partial charge in [-0.1, -0.05) is 34.6 Å². The first kappa shape index (κ1) is 24.2. The predicted molar refractivity (Wildman–Crippen MR) is 133 cm³/mol. The Bertz CT molecular complexity index is 943. The van der Waals surface area contributed by atoms with Gasteiger partial charge in [-0.25, -0.2) is 0 Å². The molecule has 6 aliphatic rings. The highest BCUT2D eigenvalue weighted by atomic mass is 16.5. The topological polar surface area (TPSA) is 72.8 Å². The maximum atomic E-state index is 11.8. The van der Waals surface area contributed by atoms with Crippen LogP contribution in [0, 0.1) is 50.7 Å². The number of carbonyl (C=O) groups excluding carboxylic acids is 1. The van der Waals surface area contributed by atoms with Crippen LogP contribution < -0.4 is 0 Å². The van der Waals surface area contributed by atoms with Gasteiger partial charge >= 0.3 is 11.9 Å². The molecule has 5 nitrogen and oxygen atoms in total. The summed E-state index contributed by atoms with van der Waals surface area (Å²) in [5.41, 5.74) is 1.41. The lowest BCUT2D eigenvalue weighted by molar-refractivity contribution is -0.183. The lowest BCUT2D eigenvalue weighted by atomic mass is 9.41. The van der Waals surface area contributed by atoms with Crippen molar-refractivity contribution in [3.05, 3.63) is 0 Å². The lowest BCUT2D eigenvalue weighted by Crippen LogP contribution is -2.58. The lowest BCUT2D eigenvalue weighted by Gasteiger charge is -2.63. The predicted octanol–water partition coefficient (Wildman–Crippen LogP) is 6.24. The van der Waals surface area contributed by atoms with Crippen LogP contribution in [0.1, 0.15) is 106 Å². The van der Waals surface area contributed by atoms with Crippen LogP contribution in [0.5, 0.6) is 0 Å². The summed E-state index contributed by atoms with van der Waals surface area (Å²) in [6, 6.07) is 0. The molecule has 1 heterocycles. The fourth-order valence-corrected chi connectivity index (χ4v) is 12.1. The first-order valence-electron chi connectivity index (χ1n) is 14.4. The molecule has 0 amide bonds. The molecular formula is C30H46O5. The summed E-state index contributed by atoms with van der Waals surface area (Å²) in [6.45, 7) is 13.8. The SMILES string of the molecule is CC(=O)OC1CCC23CC24CCC2(C)[C@H]5[C@H](C)CC(CC(=O)O)O[C@H]5C[C@@]2(C)C4CC[C@H]3C1(C)C. The Hall–Kier alpha value is -1.10. The number of hydrogen-bond acceptors (Lipinski definition) is 4. The summed E-state index contributed by atoms with van der Waals surface area (Å²) in [4.78, 5) is 23.3. The Balaban J connectivity index is 1.30. The van der Waals surface area contributed by atoms with E-state index in [1.54, 1.807) is 6.92 Å². The monoisotopic (exact) mass is 486 g/mol. The van der Waals surface area contributed by atoms with Crippen LogP contribution in [0.3, 0.4) is 0 Å². The minimum atomic E-state index is -0.738. The maximum Gasteiger partial charge on any atom is 0.305 e. The molecule has 35 heavy (non-hydrogen) atoms. The van der Waals surface area contributed by atoms with Crippen LogP contribution in [0.15, 0.2) is 0 Å². The molecule has 5 aliphatic carbocycles. The Morgan fingerprint density at radius 3 is 2.34 bits per heavy atom. The second kappa shape index (κ2) is 7.26. The van der Waals surface area contributed by atoms with E-state index < -0.39 is 5.97 Å². The molecule has 11 atom stereocenters. The Morgan fingerprint density at radius 2 is 1.66 bits per heavy atom. The zero-order valence-corrected chi connectivity index (χ0v) is 22.7. The van der Waals surface area contributed by atoms with E-state index in [0.29, 0.717) is 28.6 Å². The van der Waals surface area contributed by atoms with E-state index in [1.807, 2.05) is 0 Å². The summed E-state index contributed by atoms with van der Waals surface area (Å²) >= 11 is 0. The minimum Gasteiger partial charge on any atom is -0.481 e. The zero-order valence-electron chi connectivity index (χ0n) is 22.7. The van der Waals surface area contributed by atoms with Crippen molar-refractivity contribution in [3.8, 4) is 0 Å². The number of ether oxygens (including phenoxy) is 2. The third kappa shape index (κ3) is 2.91. The van der Waals surface area contributed by atoms with E-state index in [2.05, 4.69) is 34.6 Å². The quantitative estimate of drug-likeness (QED) is 0.478. The zero-order chi connectivity index (χ0) is 25.2. The van der Waals surface area contributed by atoms with E-state index in [1.165, 1.54) is 38.5 Å². The molecule has 6 fully saturated rings. The van der Waals surface area contributed by atoms with Crippen molar-refractivity contribution in [2.75, 3.05) is 0 Å². The van der Waals surface area contributed by atoms with Crippen LogP contribution >= 0.6 is 0 Å². The van der Waals surface area contributed by atoms with Crippen molar-refractivity contribution in [1.29, 1.82) is 0 Å². The van der Waals surface area contributed by atoms with E-state index >= 15 is 0 Å². The van der Waals surface area contributed by atoms with E-state index in [-0.39, 0.29) is 46.9 Å². The summed E-state index contributed by atoms with van der Waals surface area (Å²) in [5, 5.41) is 9.40. The van der Waals surface area contributed by atoms with Gasteiger partial charge in [-0.3, -0.25) is 9.59 Å². The van der Waals surface area contributed by atoms with Crippen LogP contribution in [0.2, 0.25) is 0 Å². The number of fused-ring (bicyclic) bond motifs is 4. The molecule has 0 bridgehead atoms. The summed E-state index contributed by atoms with van der Waals surface area (Å²) in [7, 11) is 0. The molecule has 5 saturated carbocycles. The number of hydrogen-bond donors (Lipinski definition) is 1. The van der Waals surface area contributed by atoms with Gasteiger partial charge in [0.25, 0.3) is 0 Å². The molecule has 196 valence electrons. The second-order valence-electron chi connectivity index (χ2n) is 14.8. The Morgan fingerprint density at radius 1 is 0.971 bits per heavy atom. The maximum absolute atomic E-state index is 11.8. The molecule has 0 aromatic rings. The van der Waals surface area contributed by atoms with E-state index in [9.17, 15) is 14.7 Å². The number of carboxylic acids is 1. The Kier molecular flexibility index (Phi) is 5.03. The summed E-state index contributed by atoms with van der Waals surface area (Å²) < 4.78 is 12.5. The van der Waals surface area contributed by atoms with Gasteiger partial charge in [0.15, 0.2) is 0 Å². The van der Waals surface area contributed by atoms with Crippen molar-refractivity contribution in [1.82, 2.24) is 0 Å². The molecular weight excluding hydrogens is 440 g/mol. The smallest absolute Gasteiger partial charge is 0.305 e. The van der Waals surface area contributed by atoms with Gasteiger partial charge in [-0.05, 0) is 103 Å². The van der Waals surface area contributed by atoms with Gasteiger partial charge in [0, 0.05) is 12.3 Å². The third-order valence-corrected chi connectivity index (χ3v) is 13.4. The fraction of sp³-hybridized carbons (Fsp3) is 0.933. The van der Waals surface area contributed by atoms with Crippen molar-refractivity contribution < 1.29 is 24.2 Å². The van der Waals surface area contributed by atoms with Gasteiger partial charge in [-0.2, -0.15) is 0 Å². The van der Waals surface area contributed by atoms with Gasteiger partial charge in [0.1, 0.15) is 6.10 Å². The number of carbonyl (C=O) groups is 2. The van der Waals surface area contributed by atoms with Gasteiger partial charge in [0.05, 0.1) is 18.6 Å². The molecule has 0 aromatic carbocycles. The minimum absolute atomic E-state index is 0.0331. The van der Waals surface area contributed by atoms with Crippen molar-refractivity contribution in [2.45, 2.75) is 124 Å². The molecule has 5 heteroatoms. The molecule has 6 rings (SSSR count). The highest BCUT2D eigenvalue weighted by Crippen LogP contribution is 2.89. The van der Waals surface area contributed by atoms with Crippen LogP contribution in [0.4, 0.5) is 0 Å². The van der Waals surface area contributed by atoms with Crippen molar-refractivity contribution in [2.24, 2.45) is 50.7 Å². The first-order valence-corrected chi connectivity index (χ1v) is 14.4. The molecule has 2 spiro atoms. The average Bonchev–Trinajstić information content (AvgIpc) is 3.33. The highest BCUT2D eigenvalue weighted by Gasteiger charge is 2.83. The standard InChI is InChI=1S/C30H46O5/c1-17-13-19(14-24(32)33)35-20-15-28(6)22-8-7-21-26(3,4)23(34-18(2)31)9-10-29(21)16-30(22,29)12-11-27(28,5)25(17)20/h17,19-23,25H,7-16H2,1-6H3,(H,32,33)/t17-,19?,20+,21+,22?,23?,25+,27?,28+,29?,30?/m1/s1. The molecule has 1 saturated heterocycles. The normalized spacial score (nSPS) is 55.4. The Labute approximate surface area is 211 Å². The van der Waals surface area contributed by atoms with E-state index in [4.69, 9.17) is 9.47 Å². The fourth-order valence-electron chi connectivity index (χ4n) is 12.1. The number of rotatable bonds is 3. The summed E-state index contributed by atoms with van der Waals surface area (Å²) in [6.07, 6.45) is 11.0. The van der Waals surface area contributed by atoms with E-state index in [0.717, 1.165) is 25.2 Å². The number of aliphatic carboxylic acids is 1. The average molecular weight is 487 g/mol. The molecule has 1 aliphatic heterocycles. The van der Waals surface area contributed by atoms with Crippen molar-refractivity contribution >= 4 is 11.9 Å². The van der Waals surface area contributed by atoms with Crippen LogP contribution in [-0.4, -0.2) is 35.4 Å². The summed E-state index contributed by atoms with van der Waals surface area (Å²) in [5.74, 6) is 1.54.